The minimum absolute atomic E-state index is 0.0277. The molecule has 0 aromatic heterocycles. The second-order valence-electron chi connectivity index (χ2n) is 6.04. The van der Waals surface area contributed by atoms with Crippen LogP contribution in [0.2, 0.25) is 0 Å². The van der Waals surface area contributed by atoms with Gasteiger partial charge >= 0.3 is 6.03 Å². The lowest BCUT2D eigenvalue weighted by atomic mass is 9.95. The number of nitrogens with one attached hydrogen (secondary N) is 1. The Kier molecular flexibility index (Phi) is 5.98. The minimum atomic E-state index is -0.122. The summed E-state index contributed by atoms with van der Waals surface area (Å²) in [5, 5.41) is 11.8. The summed E-state index contributed by atoms with van der Waals surface area (Å²) in [5.74, 6) is -0.00684. The number of aryl methyl sites for hydroxylation is 1. The van der Waals surface area contributed by atoms with Crippen LogP contribution in [-0.4, -0.2) is 60.1 Å². The Hall–Kier alpha value is -2.08. The molecular formula is C17H25N3O3. The third-order valence-electron chi connectivity index (χ3n) is 4.25. The fourth-order valence-corrected chi connectivity index (χ4v) is 2.74. The van der Waals surface area contributed by atoms with E-state index in [1.54, 1.807) is 16.8 Å². The largest absolute Gasteiger partial charge is 0.395 e. The molecule has 6 heteroatoms. The van der Waals surface area contributed by atoms with Crippen molar-refractivity contribution in [1.29, 1.82) is 0 Å². The third-order valence-corrected chi connectivity index (χ3v) is 4.25. The smallest absolute Gasteiger partial charge is 0.321 e. The number of aliphatic hydroxyl groups is 1. The second-order valence-corrected chi connectivity index (χ2v) is 6.04. The van der Waals surface area contributed by atoms with Gasteiger partial charge in [0.25, 0.3) is 0 Å². The molecule has 0 aliphatic carbocycles. The van der Waals surface area contributed by atoms with Crippen LogP contribution in [0.4, 0.5) is 10.5 Å². The van der Waals surface area contributed by atoms with Gasteiger partial charge in [0.05, 0.1) is 6.61 Å². The van der Waals surface area contributed by atoms with Gasteiger partial charge in [-0.15, -0.1) is 0 Å². The van der Waals surface area contributed by atoms with Gasteiger partial charge in [-0.05, 0) is 31.9 Å². The summed E-state index contributed by atoms with van der Waals surface area (Å²) in [7, 11) is 1.70. The standard InChI is InChI=1S/C17H25N3O3/c1-13-3-5-15(6-4-13)18-17(23)20-9-7-14(8-10-20)16(22)19(2)11-12-21/h3-6,14,21H,7-12H2,1-2H3,(H,18,23). The number of hydrogen-bond acceptors (Lipinski definition) is 3. The van der Waals surface area contributed by atoms with Crippen LogP contribution in [0.25, 0.3) is 0 Å². The van der Waals surface area contributed by atoms with Crippen LogP contribution in [0.15, 0.2) is 24.3 Å². The number of hydrogen-bond donors (Lipinski definition) is 2. The van der Waals surface area contributed by atoms with E-state index in [1.807, 2.05) is 31.2 Å². The molecule has 1 saturated heterocycles. The van der Waals surface area contributed by atoms with E-state index in [1.165, 1.54) is 0 Å². The number of rotatable bonds is 4. The molecular weight excluding hydrogens is 294 g/mol. The average Bonchev–Trinajstić information content (AvgIpc) is 2.56. The fraction of sp³-hybridized carbons (Fsp3) is 0.529. The number of carbonyl (C=O) groups is 2. The summed E-state index contributed by atoms with van der Waals surface area (Å²) in [5.41, 5.74) is 1.93. The number of amides is 3. The van der Waals surface area contributed by atoms with Crippen LogP contribution in [0.5, 0.6) is 0 Å². The molecule has 2 rings (SSSR count). The number of benzene rings is 1. The molecule has 23 heavy (non-hydrogen) atoms. The van der Waals surface area contributed by atoms with Crippen LogP contribution in [-0.2, 0) is 4.79 Å². The summed E-state index contributed by atoms with van der Waals surface area (Å²) >= 11 is 0. The zero-order chi connectivity index (χ0) is 16.8. The van der Waals surface area contributed by atoms with Gasteiger partial charge in [0.1, 0.15) is 0 Å². The summed E-state index contributed by atoms with van der Waals surface area (Å²) in [6.07, 6.45) is 1.33. The Bertz CT molecular complexity index is 537. The molecule has 2 N–H and O–H groups in total. The quantitative estimate of drug-likeness (QED) is 0.887. The van der Waals surface area contributed by atoms with Gasteiger partial charge in [0.2, 0.25) is 5.91 Å². The highest BCUT2D eigenvalue weighted by atomic mass is 16.3. The van der Waals surface area contributed by atoms with Crippen molar-refractivity contribution in [3.8, 4) is 0 Å². The SMILES string of the molecule is Cc1ccc(NC(=O)N2CCC(C(=O)N(C)CCO)CC2)cc1. The van der Waals surface area contributed by atoms with E-state index >= 15 is 0 Å². The number of nitrogens with zero attached hydrogens (tertiary/aromatic N) is 2. The van der Waals surface area contributed by atoms with Gasteiger partial charge in [-0.1, -0.05) is 17.7 Å². The van der Waals surface area contributed by atoms with Crippen LogP contribution < -0.4 is 5.32 Å². The highest BCUT2D eigenvalue weighted by Crippen LogP contribution is 2.20. The van der Waals surface area contributed by atoms with E-state index in [4.69, 9.17) is 5.11 Å². The maximum atomic E-state index is 12.3. The second kappa shape index (κ2) is 7.97. The first kappa shape index (κ1) is 17.3. The molecule has 0 atom stereocenters. The molecule has 1 aliphatic heterocycles. The van der Waals surface area contributed by atoms with Crippen molar-refractivity contribution in [2.24, 2.45) is 5.92 Å². The van der Waals surface area contributed by atoms with E-state index in [-0.39, 0.29) is 24.5 Å². The number of likely N-dealkylation sites (N-methyl/N-ethyl adjacent to an activating group) is 1. The summed E-state index contributed by atoms with van der Waals surface area (Å²) in [6, 6.07) is 7.55. The Labute approximate surface area is 137 Å². The van der Waals surface area contributed by atoms with Gasteiger partial charge in [0.15, 0.2) is 0 Å². The van der Waals surface area contributed by atoms with Crippen molar-refractivity contribution in [2.45, 2.75) is 19.8 Å². The van der Waals surface area contributed by atoms with Gasteiger partial charge in [-0.25, -0.2) is 4.79 Å². The Morgan fingerprint density at radius 3 is 2.43 bits per heavy atom. The number of urea groups is 1. The molecule has 1 aliphatic rings. The molecule has 0 unspecified atom stereocenters. The third kappa shape index (κ3) is 4.69. The Morgan fingerprint density at radius 2 is 1.87 bits per heavy atom. The first-order chi connectivity index (χ1) is 11.0. The van der Waals surface area contributed by atoms with Gasteiger partial charge < -0.3 is 20.2 Å². The monoisotopic (exact) mass is 319 g/mol. The predicted octanol–water partition coefficient (Wildman–Crippen LogP) is 1.69. The lowest BCUT2D eigenvalue weighted by Gasteiger charge is -2.33. The lowest BCUT2D eigenvalue weighted by molar-refractivity contribution is -0.135. The maximum absolute atomic E-state index is 12.3. The highest BCUT2D eigenvalue weighted by Gasteiger charge is 2.28. The first-order valence-corrected chi connectivity index (χ1v) is 7.99. The molecule has 1 aromatic rings. The van der Waals surface area contributed by atoms with Crippen molar-refractivity contribution in [1.82, 2.24) is 9.80 Å². The Morgan fingerprint density at radius 1 is 1.26 bits per heavy atom. The van der Waals surface area contributed by atoms with E-state index in [2.05, 4.69) is 5.32 Å². The lowest BCUT2D eigenvalue weighted by Crippen LogP contribution is -2.45. The molecule has 0 bridgehead atoms. The van der Waals surface area contributed by atoms with Gasteiger partial charge in [-0.3, -0.25) is 4.79 Å². The van der Waals surface area contributed by atoms with E-state index < -0.39 is 0 Å². The Balaban J connectivity index is 1.82. The number of aliphatic hydroxyl groups excluding tert-OH is 1. The van der Waals surface area contributed by atoms with Crippen LogP contribution in [0.1, 0.15) is 18.4 Å². The molecule has 0 radical (unpaired) electrons. The molecule has 0 saturated carbocycles. The molecule has 1 heterocycles. The number of piperidine rings is 1. The number of likely N-dealkylation sites (tertiary alicyclic amines) is 1. The van der Waals surface area contributed by atoms with Gasteiger partial charge in [-0.2, -0.15) is 0 Å². The van der Waals surface area contributed by atoms with Crippen LogP contribution >= 0.6 is 0 Å². The summed E-state index contributed by atoms with van der Waals surface area (Å²) in [6.45, 7) is 3.47. The van der Waals surface area contributed by atoms with Crippen molar-refractivity contribution in [3.05, 3.63) is 29.8 Å². The topological polar surface area (TPSA) is 72.9 Å². The summed E-state index contributed by atoms with van der Waals surface area (Å²) < 4.78 is 0. The zero-order valence-corrected chi connectivity index (χ0v) is 13.8. The van der Waals surface area contributed by atoms with Crippen molar-refractivity contribution < 1.29 is 14.7 Å². The molecule has 0 spiro atoms. The zero-order valence-electron chi connectivity index (χ0n) is 13.8. The molecule has 1 fully saturated rings. The normalized spacial score (nSPS) is 15.3. The molecule has 1 aromatic carbocycles. The molecule has 126 valence electrons. The average molecular weight is 319 g/mol. The van der Waals surface area contributed by atoms with E-state index in [9.17, 15) is 9.59 Å². The molecule has 6 nitrogen and oxygen atoms in total. The first-order valence-electron chi connectivity index (χ1n) is 7.99. The highest BCUT2D eigenvalue weighted by molar-refractivity contribution is 5.89. The number of anilines is 1. The number of carbonyl (C=O) groups excluding carboxylic acids is 2. The van der Waals surface area contributed by atoms with Crippen LogP contribution in [0.3, 0.4) is 0 Å². The van der Waals surface area contributed by atoms with Crippen LogP contribution in [0, 0.1) is 12.8 Å². The molecule has 3 amide bonds. The fourth-order valence-electron chi connectivity index (χ4n) is 2.74. The minimum Gasteiger partial charge on any atom is -0.395 e. The van der Waals surface area contributed by atoms with Gasteiger partial charge in [0, 0.05) is 38.3 Å². The van der Waals surface area contributed by atoms with Crippen molar-refractivity contribution in [3.63, 3.8) is 0 Å². The van der Waals surface area contributed by atoms with Crippen molar-refractivity contribution >= 4 is 17.6 Å². The van der Waals surface area contributed by atoms with E-state index in [0.717, 1.165) is 11.3 Å². The maximum Gasteiger partial charge on any atom is 0.321 e. The predicted molar refractivity (Wildman–Crippen MR) is 89.2 cm³/mol. The van der Waals surface area contributed by atoms with Crippen molar-refractivity contribution in [2.75, 3.05) is 38.6 Å². The summed E-state index contributed by atoms with van der Waals surface area (Å²) in [4.78, 5) is 27.7. The van der Waals surface area contributed by atoms with E-state index in [0.29, 0.717) is 32.5 Å².